The molecule has 4 heteroatoms. The predicted molar refractivity (Wildman–Crippen MR) is 84.2 cm³/mol. The van der Waals surface area contributed by atoms with Gasteiger partial charge in [-0.2, -0.15) is 11.8 Å². The Hall–Kier alpha value is -1.00. The molecular formula is C16H23NO2S. The average Bonchev–Trinajstić information content (AvgIpc) is 2.52. The van der Waals surface area contributed by atoms with Crippen LogP contribution in [-0.4, -0.2) is 30.6 Å². The number of ether oxygens (including phenoxy) is 1. The molecule has 1 aromatic rings. The molecule has 0 amide bonds. The lowest BCUT2D eigenvalue weighted by atomic mass is 9.94. The van der Waals surface area contributed by atoms with E-state index < -0.39 is 0 Å². The van der Waals surface area contributed by atoms with Crippen LogP contribution < -0.4 is 5.32 Å². The van der Waals surface area contributed by atoms with Gasteiger partial charge in [-0.25, -0.2) is 4.79 Å². The second kappa shape index (κ2) is 7.70. The van der Waals surface area contributed by atoms with Crippen molar-refractivity contribution in [1.82, 2.24) is 5.32 Å². The van der Waals surface area contributed by atoms with Gasteiger partial charge in [-0.15, -0.1) is 0 Å². The summed E-state index contributed by atoms with van der Waals surface area (Å²) in [5.41, 5.74) is 1.69. The molecule has 0 saturated heterocycles. The lowest BCUT2D eigenvalue weighted by Gasteiger charge is -2.29. The van der Waals surface area contributed by atoms with Crippen LogP contribution in [0.1, 0.15) is 41.6 Å². The maximum absolute atomic E-state index is 11.7. The number of hydrogen-bond acceptors (Lipinski definition) is 4. The summed E-state index contributed by atoms with van der Waals surface area (Å²) in [5.74, 6) is -0.256. The second-order valence-electron chi connectivity index (χ2n) is 5.25. The van der Waals surface area contributed by atoms with Gasteiger partial charge in [-0.3, -0.25) is 0 Å². The summed E-state index contributed by atoms with van der Waals surface area (Å²) >= 11 is 1.97. The molecule has 0 aliphatic heterocycles. The Balaban J connectivity index is 1.95. The number of hydrogen-bond donors (Lipinski definition) is 1. The van der Waals surface area contributed by atoms with E-state index in [2.05, 4.69) is 11.6 Å². The van der Waals surface area contributed by atoms with Crippen LogP contribution in [0, 0.1) is 0 Å². The summed E-state index contributed by atoms with van der Waals surface area (Å²) in [6.45, 7) is 0.733. The van der Waals surface area contributed by atoms with Crippen molar-refractivity contribution >= 4 is 17.7 Å². The number of thioether (sulfide) groups is 1. The molecule has 2 atom stereocenters. The third-order valence-electron chi connectivity index (χ3n) is 3.96. The first-order valence-corrected chi connectivity index (χ1v) is 8.45. The number of carbonyl (C=O) groups is 1. The number of methoxy groups -OCH3 is 1. The highest BCUT2D eigenvalue weighted by molar-refractivity contribution is 7.99. The van der Waals surface area contributed by atoms with Gasteiger partial charge >= 0.3 is 5.97 Å². The van der Waals surface area contributed by atoms with E-state index in [0.717, 1.165) is 17.4 Å². The zero-order valence-electron chi connectivity index (χ0n) is 12.2. The van der Waals surface area contributed by atoms with Gasteiger partial charge in [0.2, 0.25) is 0 Å². The van der Waals surface area contributed by atoms with E-state index in [1.54, 1.807) is 0 Å². The molecule has 0 radical (unpaired) electrons. The zero-order chi connectivity index (χ0) is 14.4. The molecule has 1 fully saturated rings. The molecule has 1 N–H and O–H groups in total. The van der Waals surface area contributed by atoms with Crippen LogP contribution >= 0.6 is 11.8 Å². The Bertz CT molecular complexity index is 450. The summed E-state index contributed by atoms with van der Waals surface area (Å²) in [5, 5.41) is 4.38. The van der Waals surface area contributed by atoms with E-state index in [0.29, 0.717) is 11.6 Å². The van der Waals surface area contributed by atoms with Crippen molar-refractivity contribution in [3.05, 3.63) is 35.4 Å². The Labute approximate surface area is 125 Å². The highest BCUT2D eigenvalue weighted by Gasteiger charge is 2.21. The molecular weight excluding hydrogens is 270 g/mol. The van der Waals surface area contributed by atoms with E-state index in [-0.39, 0.29) is 5.97 Å². The Kier molecular flexibility index (Phi) is 5.92. The Morgan fingerprint density at radius 2 is 2.20 bits per heavy atom. The minimum Gasteiger partial charge on any atom is -0.465 e. The maximum Gasteiger partial charge on any atom is 0.338 e. The highest BCUT2D eigenvalue weighted by atomic mass is 32.2. The van der Waals surface area contributed by atoms with Crippen LogP contribution in [0.15, 0.2) is 24.3 Å². The first-order chi connectivity index (χ1) is 9.74. The summed E-state index contributed by atoms with van der Waals surface area (Å²) in [6, 6.07) is 8.23. The minimum absolute atomic E-state index is 0.256. The van der Waals surface area contributed by atoms with Crippen LogP contribution in [-0.2, 0) is 11.3 Å². The van der Waals surface area contributed by atoms with Crippen molar-refractivity contribution < 1.29 is 9.53 Å². The number of nitrogens with one attached hydrogen (secondary N) is 1. The Morgan fingerprint density at radius 3 is 2.95 bits per heavy atom. The lowest BCUT2D eigenvalue weighted by molar-refractivity contribution is 0.0599. The largest absolute Gasteiger partial charge is 0.465 e. The first kappa shape index (κ1) is 15.4. The smallest absolute Gasteiger partial charge is 0.338 e. The van der Waals surface area contributed by atoms with E-state index in [4.69, 9.17) is 4.74 Å². The fourth-order valence-corrected chi connectivity index (χ4v) is 3.61. The number of rotatable bonds is 5. The van der Waals surface area contributed by atoms with E-state index in [1.807, 2.05) is 36.0 Å². The van der Waals surface area contributed by atoms with E-state index >= 15 is 0 Å². The molecule has 110 valence electrons. The molecule has 2 rings (SSSR count). The van der Waals surface area contributed by atoms with Gasteiger partial charge in [0, 0.05) is 17.8 Å². The molecule has 1 aromatic carbocycles. The van der Waals surface area contributed by atoms with Gasteiger partial charge in [0.1, 0.15) is 0 Å². The summed E-state index contributed by atoms with van der Waals surface area (Å²) in [4.78, 5) is 11.7. The van der Waals surface area contributed by atoms with Gasteiger partial charge in [0.05, 0.1) is 12.7 Å². The van der Waals surface area contributed by atoms with E-state index in [9.17, 15) is 4.79 Å². The van der Waals surface area contributed by atoms with Crippen LogP contribution in [0.4, 0.5) is 0 Å². The predicted octanol–water partition coefficient (Wildman–Crippen LogP) is 3.24. The number of benzene rings is 1. The molecule has 0 aromatic heterocycles. The number of esters is 1. The summed E-state index contributed by atoms with van der Waals surface area (Å²) < 4.78 is 4.83. The van der Waals surface area contributed by atoms with Crippen molar-refractivity contribution in [2.24, 2.45) is 0 Å². The van der Waals surface area contributed by atoms with Gasteiger partial charge in [-0.05, 0) is 37.1 Å². The first-order valence-electron chi connectivity index (χ1n) is 7.17. The summed E-state index contributed by atoms with van der Waals surface area (Å²) in [7, 11) is 1.43. The van der Waals surface area contributed by atoms with Crippen LogP contribution in [0.5, 0.6) is 0 Å². The Morgan fingerprint density at radius 1 is 1.40 bits per heavy atom. The lowest BCUT2D eigenvalue weighted by Crippen LogP contribution is -2.35. The third kappa shape index (κ3) is 4.00. The fourth-order valence-electron chi connectivity index (χ4n) is 2.78. The molecule has 1 saturated carbocycles. The van der Waals surface area contributed by atoms with Crippen molar-refractivity contribution in [1.29, 1.82) is 0 Å². The molecule has 1 aliphatic rings. The SMILES string of the molecule is COC(=O)c1ccccc1CNC1CCCC(SC)C1. The van der Waals surface area contributed by atoms with Gasteiger partial charge in [0.25, 0.3) is 0 Å². The van der Waals surface area contributed by atoms with Gasteiger partial charge in [0.15, 0.2) is 0 Å². The van der Waals surface area contributed by atoms with Crippen molar-refractivity contribution in [3.8, 4) is 0 Å². The van der Waals surface area contributed by atoms with Crippen molar-refractivity contribution in [2.75, 3.05) is 13.4 Å². The molecule has 0 spiro atoms. The second-order valence-corrected chi connectivity index (χ2v) is 6.39. The monoisotopic (exact) mass is 293 g/mol. The maximum atomic E-state index is 11.7. The standard InChI is InChI=1S/C16H23NO2S/c1-19-16(18)15-9-4-3-6-12(15)11-17-13-7-5-8-14(10-13)20-2/h3-4,6,9,13-14,17H,5,7-8,10-11H2,1-2H3. The van der Waals surface area contributed by atoms with Crippen molar-refractivity contribution in [2.45, 2.75) is 43.5 Å². The number of carbonyl (C=O) groups excluding carboxylic acids is 1. The summed E-state index contributed by atoms with van der Waals surface area (Å²) in [6.07, 6.45) is 7.28. The average molecular weight is 293 g/mol. The topological polar surface area (TPSA) is 38.3 Å². The third-order valence-corrected chi connectivity index (χ3v) is 5.06. The van der Waals surface area contributed by atoms with Crippen LogP contribution in [0.3, 0.4) is 0 Å². The molecule has 1 aliphatic carbocycles. The molecule has 0 heterocycles. The van der Waals surface area contributed by atoms with Crippen LogP contribution in [0.25, 0.3) is 0 Å². The van der Waals surface area contributed by atoms with E-state index in [1.165, 1.54) is 32.8 Å². The minimum atomic E-state index is -0.256. The highest BCUT2D eigenvalue weighted by Crippen LogP contribution is 2.27. The van der Waals surface area contributed by atoms with Gasteiger partial charge in [-0.1, -0.05) is 24.6 Å². The normalized spacial score (nSPS) is 22.5. The molecule has 0 bridgehead atoms. The molecule has 3 nitrogen and oxygen atoms in total. The molecule has 20 heavy (non-hydrogen) atoms. The van der Waals surface area contributed by atoms with Crippen LogP contribution in [0.2, 0.25) is 0 Å². The quantitative estimate of drug-likeness (QED) is 0.846. The van der Waals surface area contributed by atoms with Crippen molar-refractivity contribution in [3.63, 3.8) is 0 Å². The molecule has 2 unspecified atom stereocenters. The van der Waals surface area contributed by atoms with Gasteiger partial charge < -0.3 is 10.1 Å². The fraction of sp³-hybridized carbons (Fsp3) is 0.562. The zero-order valence-corrected chi connectivity index (χ0v) is 13.0.